The molecule has 2 rings (SSSR count). The van der Waals surface area contributed by atoms with Crippen molar-refractivity contribution in [2.45, 2.75) is 43.5 Å². The van der Waals surface area contributed by atoms with Crippen molar-refractivity contribution in [3.63, 3.8) is 0 Å². The van der Waals surface area contributed by atoms with Gasteiger partial charge in [-0.25, -0.2) is 4.79 Å². The van der Waals surface area contributed by atoms with Crippen molar-refractivity contribution in [1.82, 2.24) is 10.2 Å². The molecule has 0 bridgehead atoms. The van der Waals surface area contributed by atoms with Gasteiger partial charge in [-0.3, -0.25) is 9.59 Å². The molecule has 1 fully saturated rings. The van der Waals surface area contributed by atoms with E-state index in [1.807, 2.05) is 30.3 Å². The van der Waals surface area contributed by atoms with Gasteiger partial charge in [0.05, 0.1) is 5.25 Å². The van der Waals surface area contributed by atoms with Crippen molar-refractivity contribution in [3.8, 4) is 0 Å². The molecule has 0 radical (unpaired) electrons. The van der Waals surface area contributed by atoms with Crippen LogP contribution in [0.3, 0.4) is 0 Å². The van der Waals surface area contributed by atoms with Crippen LogP contribution in [0.25, 0.3) is 0 Å². The molecule has 3 atom stereocenters. The van der Waals surface area contributed by atoms with Gasteiger partial charge in [-0.1, -0.05) is 30.3 Å². The Bertz CT molecular complexity index is 608. The van der Waals surface area contributed by atoms with E-state index < -0.39 is 23.3 Å². The Morgan fingerprint density at radius 2 is 2.00 bits per heavy atom. The van der Waals surface area contributed by atoms with E-state index in [-0.39, 0.29) is 11.8 Å². The molecule has 1 aromatic rings. The third kappa shape index (κ3) is 4.50. The highest BCUT2D eigenvalue weighted by atomic mass is 32.1. The van der Waals surface area contributed by atoms with Crippen molar-refractivity contribution < 1.29 is 19.5 Å². The first-order chi connectivity index (χ1) is 11.4. The molecule has 2 amide bonds. The van der Waals surface area contributed by atoms with Crippen LogP contribution in [0.15, 0.2) is 30.3 Å². The fraction of sp³-hybridized carbons (Fsp3) is 0.471. The number of aliphatic carboxylic acids is 1. The molecule has 1 aromatic carbocycles. The number of rotatable bonds is 6. The second-order valence-corrected chi connectivity index (χ2v) is 6.59. The number of carboxylic acids is 1. The number of likely N-dealkylation sites (tertiary alicyclic amines) is 1. The van der Waals surface area contributed by atoms with E-state index in [2.05, 4.69) is 17.9 Å². The van der Waals surface area contributed by atoms with Crippen LogP contribution in [0.2, 0.25) is 0 Å². The zero-order valence-electron chi connectivity index (χ0n) is 13.5. The summed E-state index contributed by atoms with van der Waals surface area (Å²) < 4.78 is 0. The van der Waals surface area contributed by atoms with Crippen molar-refractivity contribution >= 4 is 30.4 Å². The van der Waals surface area contributed by atoms with E-state index in [1.165, 1.54) is 4.90 Å². The van der Waals surface area contributed by atoms with E-state index in [1.54, 1.807) is 6.92 Å². The lowest BCUT2D eigenvalue weighted by atomic mass is 10.1. The largest absolute Gasteiger partial charge is 0.480 e. The first-order valence-electron chi connectivity index (χ1n) is 7.95. The predicted octanol–water partition coefficient (Wildman–Crippen LogP) is 1.11. The Hall–Kier alpha value is -2.02. The fourth-order valence-corrected chi connectivity index (χ4v) is 3.12. The quantitative estimate of drug-likeness (QED) is 0.671. The molecule has 7 heteroatoms. The number of nitrogens with one attached hydrogen (secondary N) is 1. The van der Waals surface area contributed by atoms with Crippen LogP contribution in [-0.4, -0.2) is 51.7 Å². The van der Waals surface area contributed by atoms with E-state index in [4.69, 9.17) is 5.11 Å². The summed E-state index contributed by atoms with van der Waals surface area (Å²) >= 11 is 4.31. The average Bonchev–Trinajstić information content (AvgIpc) is 3.04. The van der Waals surface area contributed by atoms with Crippen LogP contribution in [0.5, 0.6) is 0 Å². The van der Waals surface area contributed by atoms with Crippen molar-refractivity contribution in [2.75, 3.05) is 6.54 Å². The molecule has 1 heterocycles. The Morgan fingerprint density at radius 3 is 2.62 bits per heavy atom. The molecule has 1 saturated heterocycles. The molecular weight excluding hydrogens is 328 g/mol. The highest BCUT2D eigenvalue weighted by Crippen LogP contribution is 2.18. The first kappa shape index (κ1) is 18.3. The maximum absolute atomic E-state index is 12.4. The Labute approximate surface area is 146 Å². The van der Waals surface area contributed by atoms with Gasteiger partial charge in [0, 0.05) is 6.54 Å². The van der Waals surface area contributed by atoms with E-state index in [0.29, 0.717) is 25.8 Å². The van der Waals surface area contributed by atoms with Crippen LogP contribution in [0, 0.1) is 0 Å². The number of carbonyl (C=O) groups excluding carboxylic acids is 2. The third-order valence-electron chi connectivity index (χ3n) is 4.12. The Kier molecular flexibility index (Phi) is 6.25. The van der Waals surface area contributed by atoms with Crippen molar-refractivity contribution in [1.29, 1.82) is 0 Å². The second kappa shape index (κ2) is 8.19. The number of hydrogen-bond donors (Lipinski definition) is 3. The number of amides is 2. The summed E-state index contributed by atoms with van der Waals surface area (Å²) in [7, 11) is 0. The molecule has 1 aliphatic heterocycles. The average molecular weight is 350 g/mol. The van der Waals surface area contributed by atoms with Gasteiger partial charge >= 0.3 is 5.97 Å². The summed E-state index contributed by atoms with van der Waals surface area (Å²) in [4.78, 5) is 37.1. The molecule has 0 aliphatic carbocycles. The number of benzene rings is 1. The minimum Gasteiger partial charge on any atom is -0.480 e. The molecule has 0 aromatic heterocycles. The fourth-order valence-electron chi connectivity index (χ4n) is 2.84. The maximum Gasteiger partial charge on any atom is 0.326 e. The zero-order chi connectivity index (χ0) is 17.7. The molecule has 24 heavy (non-hydrogen) atoms. The van der Waals surface area contributed by atoms with E-state index in [9.17, 15) is 14.4 Å². The van der Waals surface area contributed by atoms with E-state index >= 15 is 0 Å². The van der Waals surface area contributed by atoms with Gasteiger partial charge in [0.1, 0.15) is 12.1 Å². The topological polar surface area (TPSA) is 86.7 Å². The number of carboxylic acid groups (broad SMARTS) is 1. The molecule has 6 nitrogen and oxygen atoms in total. The summed E-state index contributed by atoms with van der Waals surface area (Å²) in [5.41, 5.74) is 0.983. The highest BCUT2D eigenvalue weighted by molar-refractivity contribution is 7.81. The van der Waals surface area contributed by atoms with Gasteiger partial charge in [-0.2, -0.15) is 12.6 Å². The van der Waals surface area contributed by atoms with Gasteiger partial charge < -0.3 is 15.3 Å². The van der Waals surface area contributed by atoms with Crippen molar-refractivity contribution in [2.24, 2.45) is 0 Å². The van der Waals surface area contributed by atoms with E-state index in [0.717, 1.165) is 5.56 Å². The van der Waals surface area contributed by atoms with Gasteiger partial charge in [-0.05, 0) is 31.7 Å². The van der Waals surface area contributed by atoms with Crippen LogP contribution in [0.1, 0.15) is 25.3 Å². The Morgan fingerprint density at radius 1 is 1.33 bits per heavy atom. The summed E-state index contributed by atoms with van der Waals surface area (Å²) in [5, 5.41) is 11.2. The minimum absolute atomic E-state index is 0.339. The van der Waals surface area contributed by atoms with Crippen LogP contribution < -0.4 is 5.32 Å². The normalized spacial score (nSPS) is 19.6. The molecule has 1 unspecified atom stereocenters. The van der Waals surface area contributed by atoms with Crippen LogP contribution in [0.4, 0.5) is 0 Å². The lowest BCUT2D eigenvalue weighted by Crippen LogP contribution is -2.51. The SMILES string of the molecule is C[C@H](NC(=O)[C@@H](S)Cc1ccccc1)C(=O)N1CCCC1C(=O)O. The zero-order valence-corrected chi connectivity index (χ0v) is 14.4. The lowest BCUT2D eigenvalue weighted by Gasteiger charge is -2.26. The predicted molar refractivity (Wildman–Crippen MR) is 92.9 cm³/mol. The number of carbonyl (C=O) groups is 3. The van der Waals surface area contributed by atoms with Crippen LogP contribution in [-0.2, 0) is 20.8 Å². The minimum atomic E-state index is -1.00. The monoisotopic (exact) mass is 350 g/mol. The lowest BCUT2D eigenvalue weighted by molar-refractivity contribution is -0.149. The highest BCUT2D eigenvalue weighted by Gasteiger charge is 2.36. The third-order valence-corrected chi connectivity index (χ3v) is 4.54. The van der Waals surface area contributed by atoms with Gasteiger partial charge in [0.2, 0.25) is 11.8 Å². The van der Waals surface area contributed by atoms with Gasteiger partial charge in [-0.15, -0.1) is 0 Å². The second-order valence-electron chi connectivity index (χ2n) is 5.96. The molecule has 0 spiro atoms. The summed E-state index contributed by atoms with van der Waals surface area (Å²) in [6.07, 6.45) is 1.57. The molecule has 1 aliphatic rings. The summed E-state index contributed by atoms with van der Waals surface area (Å²) in [6, 6.07) is 7.92. The molecule has 2 N–H and O–H groups in total. The Balaban J connectivity index is 1.90. The number of thiol groups is 1. The summed E-state index contributed by atoms with van der Waals surface area (Å²) in [5.74, 6) is -1.71. The van der Waals surface area contributed by atoms with Gasteiger partial charge in [0.15, 0.2) is 0 Å². The summed E-state index contributed by atoms with van der Waals surface area (Å²) in [6.45, 7) is 1.98. The van der Waals surface area contributed by atoms with Gasteiger partial charge in [0.25, 0.3) is 0 Å². The van der Waals surface area contributed by atoms with Crippen LogP contribution >= 0.6 is 12.6 Å². The smallest absolute Gasteiger partial charge is 0.326 e. The van der Waals surface area contributed by atoms with Crippen molar-refractivity contribution in [3.05, 3.63) is 35.9 Å². The molecule has 130 valence electrons. The molecule has 0 saturated carbocycles. The number of hydrogen-bond acceptors (Lipinski definition) is 4. The standard InChI is InChI=1S/C17H22N2O4S/c1-11(16(21)19-9-5-8-13(19)17(22)23)18-15(20)14(24)10-12-6-3-2-4-7-12/h2-4,6-7,11,13-14,24H,5,8-10H2,1H3,(H,18,20)(H,22,23)/t11-,13?,14-/m0/s1. The molecular formula is C17H22N2O4S. The first-order valence-corrected chi connectivity index (χ1v) is 8.47. The number of nitrogens with zero attached hydrogens (tertiary/aromatic N) is 1. The maximum atomic E-state index is 12.4.